The van der Waals surface area contributed by atoms with E-state index in [4.69, 9.17) is 14.6 Å². The van der Waals surface area contributed by atoms with Crippen LogP contribution in [0.5, 0.6) is 11.5 Å². The lowest BCUT2D eigenvalue weighted by Crippen LogP contribution is -2.25. The van der Waals surface area contributed by atoms with Crippen molar-refractivity contribution in [1.82, 2.24) is 0 Å². The largest absolute Gasteiger partial charge is 0.454 e. The van der Waals surface area contributed by atoms with E-state index in [1.807, 2.05) is 0 Å². The van der Waals surface area contributed by atoms with E-state index in [0.29, 0.717) is 17.2 Å². The van der Waals surface area contributed by atoms with Gasteiger partial charge in [-0.25, -0.2) is 8.42 Å². The molecule has 0 radical (unpaired) electrons. The van der Waals surface area contributed by atoms with Crippen LogP contribution in [0.3, 0.4) is 0 Å². The number of hydrogen-bond donors (Lipinski definition) is 2. The average Bonchev–Trinajstić information content (AvgIpc) is 2.74. The standard InChI is InChI=1S/C11H13NO6S/c13-3-4-19(15,16)6-11(14)12-8-1-2-9-10(5-8)18-7-17-9/h1-2,5,13H,3-4,6-7H2,(H,12,14). The zero-order chi connectivity index (χ0) is 13.9. The predicted octanol–water partition coefficient (Wildman–Crippen LogP) is -0.239. The highest BCUT2D eigenvalue weighted by Crippen LogP contribution is 2.34. The number of rotatable bonds is 5. The van der Waals surface area contributed by atoms with E-state index in [2.05, 4.69) is 5.32 Å². The van der Waals surface area contributed by atoms with Crippen molar-refractivity contribution in [1.29, 1.82) is 0 Å². The zero-order valence-electron chi connectivity index (χ0n) is 9.96. The lowest BCUT2D eigenvalue weighted by molar-refractivity contribution is -0.113. The third-order valence-electron chi connectivity index (χ3n) is 2.41. The third kappa shape index (κ3) is 3.58. The summed E-state index contributed by atoms with van der Waals surface area (Å²) >= 11 is 0. The molecule has 0 atom stereocenters. The maximum absolute atomic E-state index is 11.6. The number of carbonyl (C=O) groups is 1. The Labute approximate surface area is 110 Å². The Kier molecular flexibility index (Phi) is 3.91. The van der Waals surface area contributed by atoms with Crippen molar-refractivity contribution >= 4 is 21.4 Å². The van der Waals surface area contributed by atoms with Crippen LogP contribution in [0, 0.1) is 0 Å². The van der Waals surface area contributed by atoms with E-state index in [1.165, 1.54) is 0 Å². The number of benzene rings is 1. The molecule has 0 spiro atoms. The topological polar surface area (TPSA) is 102 Å². The minimum Gasteiger partial charge on any atom is -0.454 e. The Morgan fingerprint density at radius 2 is 2.05 bits per heavy atom. The van der Waals surface area contributed by atoms with E-state index in [-0.39, 0.29) is 6.79 Å². The van der Waals surface area contributed by atoms with Gasteiger partial charge in [-0.05, 0) is 12.1 Å². The van der Waals surface area contributed by atoms with Crippen LogP contribution in [-0.4, -0.2) is 44.3 Å². The van der Waals surface area contributed by atoms with Crippen LogP contribution in [0.4, 0.5) is 5.69 Å². The first-order valence-corrected chi connectivity index (χ1v) is 7.33. The molecule has 0 unspecified atom stereocenters. The van der Waals surface area contributed by atoms with Gasteiger partial charge in [-0.2, -0.15) is 0 Å². The summed E-state index contributed by atoms with van der Waals surface area (Å²) in [7, 11) is -3.58. The molecular formula is C11H13NO6S. The van der Waals surface area contributed by atoms with Gasteiger partial charge in [-0.15, -0.1) is 0 Å². The number of ether oxygens (including phenoxy) is 2. The van der Waals surface area contributed by atoms with Crippen molar-refractivity contribution in [3.8, 4) is 11.5 Å². The molecule has 0 bridgehead atoms. The van der Waals surface area contributed by atoms with Gasteiger partial charge in [0.2, 0.25) is 12.7 Å². The molecule has 8 heteroatoms. The van der Waals surface area contributed by atoms with Crippen molar-refractivity contribution in [2.24, 2.45) is 0 Å². The Balaban J connectivity index is 2.00. The molecule has 0 fully saturated rings. The SMILES string of the molecule is O=C(CS(=O)(=O)CCO)Nc1ccc2c(c1)OCO2. The fourth-order valence-electron chi connectivity index (χ4n) is 1.58. The van der Waals surface area contributed by atoms with Gasteiger partial charge in [0.15, 0.2) is 21.3 Å². The smallest absolute Gasteiger partial charge is 0.239 e. The summed E-state index contributed by atoms with van der Waals surface area (Å²) in [5.41, 5.74) is 0.424. The third-order valence-corrected chi connectivity index (χ3v) is 3.92. The van der Waals surface area contributed by atoms with Crippen molar-refractivity contribution in [2.75, 3.05) is 30.2 Å². The summed E-state index contributed by atoms with van der Waals surface area (Å²) in [4.78, 5) is 11.6. The highest BCUT2D eigenvalue weighted by Gasteiger charge is 2.18. The fourth-order valence-corrected chi connectivity index (χ4v) is 2.48. The normalized spacial score (nSPS) is 13.3. The highest BCUT2D eigenvalue weighted by molar-refractivity contribution is 7.92. The number of amides is 1. The average molecular weight is 287 g/mol. The van der Waals surface area contributed by atoms with Crippen LogP contribution in [0.25, 0.3) is 0 Å². The number of anilines is 1. The van der Waals surface area contributed by atoms with Crippen molar-refractivity contribution in [2.45, 2.75) is 0 Å². The molecule has 2 N–H and O–H groups in total. The number of sulfone groups is 1. The predicted molar refractivity (Wildman–Crippen MR) is 66.9 cm³/mol. The molecule has 1 aromatic rings. The molecule has 104 valence electrons. The Morgan fingerprint density at radius 3 is 2.79 bits per heavy atom. The first-order chi connectivity index (χ1) is 9.00. The van der Waals surface area contributed by atoms with Gasteiger partial charge in [0.1, 0.15) is 5.75 Å². The van der Waals surface area contributed by atoms with Crippen LogP contribution >= 0.6 is 0 Å². The molecular weight excluding hydrogens is 274 g/mol. The number of aliphatic hydroxyl groups excluding tert-OH is 1. The molecule has 0 aliphatic carbocycles. The second kappa shape index (κ2) is 5.45. The molecule has 7 nitrogen and oxygen atoms in total. The van der Waals surface area contributed by atoms with Crippen LogP contribution in [0.15, 0.2) is 18.2 Å². The quantitative estimate of drug-likeness (QED) is 0.775. The van der Waals surface area contributed by atoms with Gasteiger partial charge in [0.25, 0.3) is 0 Å². The van der Waals surface area contributed by atoms with Gasteiger partial charge in [0, 0.05) is 11.8 Å². The summed E-state index contributed by atoms with van der Waals surface area (Å²) < 4.78 is 33.0. The number of aliphatic hydroxyl groups is 1. The summed E-state index contributed by atoms with van der Waals surface area (Å²) in [6.07, 6.45) is 0. The molecule has 1 amide bonds. The molecule has 1 heterocycles. The zero-order valence-corrected chi connectivity index (χ0v) is 10.8. The Bertz CT molecular complexity index is 583. The van der Waals surface area contributed by atoms with E-state index >= 15 is 0 Å². The number of carbonyl (C=O) groups excluding carboxylic acids is 1. The van der Waals surface area contributed by atoms with Gasteiger partial charge in [-0.1, -0.05) is 0 Å². The minimum absolute atomic E-state index is 0.123. The van der Waals surface area contributed by atoms with Crippen LogP contribution in [-0.2, 0) is 14.6 Å². The van der Waals surface area contributed by atoms with E-state index in [1.54, 1.807) is 18.2 Å². The summed E-state index contributed by atoms with van der Waals surface area (Å²) in [5.74, 6) is -0.682. The molecule has 1 aliphatic heterocycles. The molecule has 0 saturated carbocycles. The lowest BCUT2D eigenvalue weighted by atomic mass is 10.3. The van der Waals surface area contributed by atoms with E-state index in [9.17, 15) is 13.2 Å². The molecule has 1 aromatic carbocycles. The lowest BCUT2D eigenvalue weighted by Gasteiger charge is -2.06. The molecule has 1 aliphatic rings. The summed E-state index contributed by atoms with van der Waals surface area (Å²) in [6, 6.07) is 4.77. The Morgan fingerprint density at radius 1 is 1.32 bits per heavy atom. The first kappa shape index (κ1) is 13.6. The maximum Gasteiger partial charge on any atom is 0.239 e. The highest BCUT2D eigenvalue weighted by atomic mass is 32.2. The maximum atomic E-state index is 11.6. The van der Waals surface area contributed by atoms with Crippen LogP contribution in [0.1, 0.15) is 0 Å². The molecule has 0 saturated heterocycles. The first-order valence-electron chi connectivity index (χ1n) is 5.51. The van der Waals surface area contributed by atoms with Gasteiger partial charge in [-0.3, -0.25) is 4.79 Å². The van der Waals surface area contributed by atoms with Crippen molar-refractivity contribution in [3.63, 3.8) is 0 Å². The van der Waals surface area contributed by atoms with Crippen LogP contribution < -0.4 is 14.8 Å². The van der Waals surface area contributed by atoms with Crippen molar-refractivity contribution in [3.05, 3.63) is 18.2 Å². The minimum atomic E-state index is -3.58. The molecule has 2 rings (SSSR count). The Hall–Kier alpha value is -1.80. The van der Waals surface area contributed by atoms with Gasteiger partial charge in [0.05, 0.1) is 12.4 Å². The van der Waals surface area contributed by atoms with Crippen LogP contribution in [0.2, 0.25) is 0 Å². The second-order valence-electron chi connectivity index (χ2n) is 3.93. The number of nitrogens with one attached hydrogen (secondary N) is 1. The van der Waals surface area contributed by atoms with Gasteiger partial charge >= 0.3 is 0 Å². The number of fused-ring (bicyclic) bond motifs is 1. The fraction of sp³-hybridized carbons (Fsp3) is 0.364. The van der Waals surface area contributed by atoms with E-state index in [0.717, 1.165) is 0 Å². The van der Waals surface area contributed by atoms with Gasteiger partial charge < -0.3 is 19.9 Å². The monoisotopic (exact) mass is 287 g/mol. The summed E-state index contributed by atoms with van der Waals surface area (Å²) in [6.45, 7) is -0.378. The van der Waals surface area contributed by atoms with Crippen molar-refractivity contribution < 1.29 is 27.8 Å². The molecule has 0 aromatic heterocycles. The van der Waals surface area contributed by atoms with E-state index < -0.39 is 33.9 Å². The molecule has 19 heavy (non-hydrogen) atoms. The summed E-state index contributed by atoms with van der Waals surface area (Å²) in [5, 5.41) is 11.0. The number of hydrogen-bond acceptors (Lipinski definition) is 6. The second-order valence-corrected chi connectivity index (χ2v) is 6.12.